The molecule has 100 valence electrons. The molecule has 3 N–H and O–H groups in total. The molecule has 1 amide bonds. The van der Waals surface area contributed by atoms with Crippen molar-refractivity contribution in [2.24, 2.45) is 7.05 Å². The zero-order chi connectivity index (χ0) is 14.0. The van der Waals surface area contributed by atoms with Crippen LogP contribution in [0.5, 0.6) is 0 Å². The minimum Gasteiger partial charge on any atom is -0.398 e. The monoisotopic (exact) mass is 278 g/mol. The number of nitrogens with two attached hydrogens (primary N) is 1. The normalized spacial score (nSPS) is 10.5. The van der Waals surface area contributed by atoms with Gasteiger partial charge in [-0.1, -0.05) is 18.5 Å². The van der Waals surface area contributed by atoms with E-state index in [-0.39, 0.29) is 5.91 Å². The third-order valence-electron chi connectivity index (χ3n) is 2.75. The summed E-state index contributed by atoms with van der Waals surface area (Å²) < 4.78 is 1.67. The van der Waals surface area contributed by atoms with Crippen molar-refractivity contribution in [3.8, 4) is 0 Å². The van der Waals surface area contributed by atoms with Gasteiger partial charge < -0.3 is 11.1 Å². The van der Waals surface area contributed by atoms with Crippen molar-refractivity contribution in [3.63, 3.8) is 0 Å². The molecule has 0 spiro atoms. The van der Waals surface area contributed by atoms with Gasteiger partial charge >= 0.3 is 0 Å². The lowest BCUT2D eigenvalue weighted by molar-refractivity contribution is 0.102. The number of amides is 1. The Kier molecular flexibility index (Phi) is 3.76. The number of carbonyl (C=O) groups is 1. The first kappa shape index (κ1) is 13.4. The van der Waals surface area contributed by atoms with E-state index in [1.54, 1.807) is 29.1 Å². The van der Waals surface area contributed by atoms with Gasteiger partial charge in [0, 0.05) is 18.8 Å². The van der Waals surface area contributed by atoms with Crippen molar-refractivity contribution in [1.82, 2.24) is 9.78 Å². The van der Waals surface area contributed by atoms with E-state index in [1.807, 2.05) is 14.0 Å². The van der Waals surface area contributed by atoms with E-state index in [2.05, 4.69) is 10.4 Å². The van der Waals surface area contributed by atoms with Crippen LogP contribution in [0.1, 0.15) is 23.0 Å². The molecule has 5 nitrogen and oxygen atoms in total. The fraction of sp³-hybridized carbons (Fsp3) is 0.231. The number of hydrogen-bond acceptors (Lipinski definition) is 3. The maximum Gasteiger partial charge on any atom is 0.255 e. The van der Waals surface area contributed by atoms with E-state index in [1.165, 1.54) is 0 Å². The van der Waals surface area contributed by atoms with Crippen LogP contribution in [0.4, 0.5) is 11.4 Å². The first-order chi connectivity index (χ1) is 9.01. The molecule has 0 aliphatic heterocycles. The van der Waals surface area contributed by atoms with Gasteiger partial charge in [0.05, 0.1) is 22.1 Å². The summed E-state index contributed by atoms with van der Waals surface area (Å²) in [5, 5.41) is 7.53. The smallest absolute Gasteiger partial charge is 0.255 e. The molecule has 0 saturated heterocycles. The maximum atomic E-state index is 12.1. The summed E-state index contributed by atoms with van der Waals surface area (Å²) in [6.07, 6.45) is 2.52. The highest BCUT2D eigenvalue weighted by molar-refractivity contribution is 6.33. The van der Waals surface area contributed by atoms with Gasteiger partial charge in [-0.05, 0) is 24.6 Å². The Morgan fingerprint density at radius 3 is 2.89 bits per heavy atom. The molecule has 0 atom stereocenters. The highest BCUT2D eigenvalue weighted by atomic mass is 35.5. The Labute approximate surface area is 116 Å². The second kappa shape index (κ2) is 5.32. The van der Waals surface area contributed by atoms with Crippen LogP contribution >= 0.6 is 11.6 Å². The molecule has 19 heavy (non-hydrogen) atoms. The third-order valence-corrected chi connectivity index (χ3v) is 3.09. The molecule has 0 radical (unpaired) electrons. The molecule has 0 bridgehead atoms. The fourth-order valence-corrected chi connectivity index (χ4v) is 1.90. The van der Waals surface area contributed by atoms with Crippen molar-refractivity contribution in [2.45, 2.75) is 13.3 Å². The third kappa shape index (κ3) is 2.88. The molecule has 6 heteroatoms. The molecule has 0 aliphatic rings. The van der Waals surface area contributed by atoms with Gasteiger partial charge in [0.15, 0.2) is 0 Å². The van der Waals surface area contributed by atoms with Crippen molar-refractivity contribution in [3.05, 3.63) is 40.7 Å². The number of carbonyl (C=O) groups excluding carboxylic acids is 1. The van der Waals surface area contributed by atoms with Gasteiger partial charge in [-0.2, -0.15) is 5.10 Å². The van der Waals surface area contributed by atoms with Gasteiger partial charge in [0.1, 0.15) is 0 Å². The molecule has 1 aromatic heterocycles. The highest BCUT2D eigenvalue weighted by Gasteiger charge is 2.12. The summed E-state index contributed by atoms with van der Waals surface area (Å²) in [5.41, 5.74) is 8.09. The van der Waals surface area contributed by atoms with Crippen molar-refractivity contribution in [1.29, 1.82) is 0 Å². The Hall–Kier alpha value is -2.01. The molecule has 0 unspecified atom stereocenters. The maximum absolute atomic E-state index is 12.1. The summed E-state index contributed by atoms with van der Waals surface area (Å²) in [5.74, 6) is -0.230. The average molecular weight is 279 g/mol. The molecular formula is C13H15ClN4O. The van der Waals surface area contributed by atoms with E-state index in [0.717, 1.165) is 12.1 Å². The number of halogens is 1. The zero-order valence-electron chi connectivity index (χ0n) is 10.8. The summed E-state index contributed by atoms with van der Waals surface area (Å²) in [4.78, 5) is 12.1. The van der Waals surface area contributed by atoms with Crippen molar-refractivity contribution in [2.75, 3.05) is 11.1 Å². The Balaban J connectivity index is 2.22. The van der Waals surface area contributed by atoms with Gasteiger partial charge in [0.25, 0.3) is 5.91 Å². The summed E-state index contributed by atoms with van der Waals surface area (Å²) in [6.45, 7) is 1.98. The van der Waals surface area contributed by atoms with Crippen LogP contribution in [0.15, 0.2) is 24.4 Å². The molecular weight excluding hydrogens is 264 g/mol. The average Bonchev–Trinajstić information content (AvgIpc) is 2.72. The minimum absolute atomic E-state index is 0.230. The molecule has 0 aliphatic carbocycles. The van der Waals surface area contributed by atoms with Crippen molar-refractivity contribution < 1.29 is 4.79 Å². The summed E-state index contributed by atoms with van der Waals surface area (Å²) in [6, 6.07) is 4.80. The van der Waals surface area contributed by atoms with Gasteiger partial charge in [-0.3, -0.25) is 9.48 Å². The lowest BCUT2D eigenvalue weighted by Gasteiger charge is -2.06. The molecule has 0 fully saturated rings. The summed E-state index contributed by atoms with van der Waals surface area (Å²) >= 11 is 5.83. The second-order valence-corrected chi connectivity index (χ2v) is 4.61. The first-order valence-electron chi connectivity index (χ1n) is 5.90. The predicted octanol–water partition coefficient (Wildman–Crippen LogP) is 2.47. The number of nitrogens with zero attached hydrogens (tertiary/aromatic N) is 2. The number of nitrogen functional groups attached to an aromatic ring is 1. The van der Waals surface area contributed by atoms with Crippen LogP contribution in [0, 0.1) is 0 Å². The lowest BCUT2D eigenvalue weighted by Crippen LogP contribution is -2.13. The molecule has 1 aromatic carbocycles. The van der Waals surface area contributed by atoms with Gasteiger partial charge in [-0.25, -0.2) is 0 Å². The number of anilines is 2. The molecule has 2 rings (SSSR count). The largest absolute Gasteiger partial charge is 0.398 e. The van der Waals surface area contributed by atoms with E-state index < -0.39 is 0 Å². The van der Waals surface area contributed by atoms with E-state index in [4.69, 9.17) is 17.3 Å². The first-order valence-corrected chi connectivity index (χ1v) is 6.28. The number of rotatable bonds is 3. The molecule has 0 saturated carbocycles. The Morgan fingerprint density at radius 2 is 2.26 bits per heavy atom. The topological polar surface area (TPSA) is 72.9 Å². The minimum atomic E-state index is -0.230. The standard InChI is InChI=1S/C13H15ClN4O/c1-3-11-12(7-18(2)17-11)16-13(19)8-4-5-9(14)10(15)6-8/h4-7H,3,15H2,1-2H3,(H,16,19). The second-order valence-electron chi connectivity index (χ2n) is 4.21. The van der Waals surface area contributed by atoms with Crippen LogP contribution in [0.25, 0.3) is 0 Å². The number of aromatic nitrogens is 2. The molecule has 1 heterocycles. The SMILES string of the molecule is CCc1nn(C)cc1NC(=O)c1ccc(Cl)c(N)c1. The van der Waals surface area contributed by atoms with E-state index in [9.17, 15) is 4.79 Å². The number of hydrogen-bond donors (Lipinski definition) is 2. The van der Waals surface area contributed by atoms with Crippen molar-refractivity contribution >= 4 is 28.9 Å². The Bertz CT molecular complexity index is 621. The van der Waals surface area contributed by atoms with Gasteiger partial charge in [0.2, 0.25) is 0 Å². The van der Waals surface area contributed by atoms with E-state index in [0.29, 0.717) is 22.0 Å². The van der Waals surface area contributed by atoms with Crippen LogP contribution in [-0.2, 0) is 13.5 Å². The predicted molar refractivity (Wildman–Crippen MR) is 76.4 cm³/mol. The van der Waals surface area contributed by atoms with Crippen LogP contribution in [-0.4, -0.2) is 15.7 Å². The lowest BCUT2D eigenvalue weighted by atomic mass is 10.2. The van der Waals surface area contributed by atoms with Crippen LogP contribution in [0.2, 0.25) is 5.02 Å². The van der Waals surface area contributed by atoms with Crippen LogP contribution in [0.3, 0.4) is 0 Å². The number of benzene rings is 1. The van der Waals surface area contributed by atoms with E-state index >= 15 is 0 Å². The zero-order valence-corrected chi connectivity index (χ0v) is 11.5. The number of nitrogens with one attached hydrogen (secondary N) is 1. The number of aryl methyl sites for hydroxylation is 2. The Morgan fingerprint density at radius 1 is 1.53 bits per heavy atom. The van der Waals surface area contributed by atoms with Crippen LogP contribution < -0.4 is 11.1 Å². The quantitative estimate of drug-likeness (QED) is 0.847. The fourth-order valence-electron chi connectivity index (χ4n) is 1.78. The molecule has 2 aromatic rings. The highest BCUT2D eigenvalue weighted by Crippen LogP contribution is 2.21. The summed E-state index contributed by atoms with van der Waals surface area (Å²) in [7, 11) is 1.81. The van der Waals surface area contributed by atoms with Gasteiger partial charge in [-0.15, -0.1) is 0 Å².